The van der Waals surface area contributed by atoms with Gasteiger partial charge in [-0.25, -0.2) is 0 Å². The summed E-state index contributed by atoms with van der Waals surface area (Å²) in [6.45, 7) is 1.63. The standard InChI is InChI=1S/C12H20N2O3/c1-14-7-2-4-9(14)8-13-10(15)12(11(16)17)5-3-6-12/h9H,2-8H2,1H3,(H,13,15)(H,16,17). The molecule has 17 heavy (non-hydrogen) atoms. The predicted octanol–water partition coefficient (Wildman–Crippen LogP) is 0.452. The van der Waals surface area contributed by atoms with Crippen molar-refractivity contribution in [1.82, 2.24) is 10.2 Å². The second-order valence-corrected chi connectivity index (χ2v) is 5.23. The molecule has 2 N–H and O–H groups in total. The minimum Gasteiger partial charge on any atom is -0.480 e. The Morgan fingerprint density at radius 1 is 1.41 bits per heavy atom. The van der Waals surface area contributed by atoms with Crippen molar-refractivity contribution < 1.29 is 14.7 Å². The highest BCUT2D eigenvalue weighted by atomic mass is 16.4. The van der Waals surface area contributed by atoms with Gasteiger partial charge in [-0.15, -0.1) is 0 Å². The molecule has 96 valence electrons. The number of likely N-dealkylation sites (tertiary alicyclic amines) is 1. The highest BCUT2D eigenvalue weighted by molar-refractivity contribution is 6.02. The van der Waals surface area contributed by atoms with Gasteiger partial charge in [-0.3, -0.25) is 9.59 Å². The third-order valence-corrected chi connectivity index (χ3v) is 4.22. The van der Waals surface area contributed by atoms with Crippen molar-refractivity contribution in [3.8, 4) is 0 Å². The summed E-state index contributed by atoms with van der Waals surface area (Å²) in [5.41, 5.74) is -1.13. The van der Waals surface area contributed by atoms with Crippen LogP contribution in [0.2, 0.25) is 0 Å². The van der Waals surface area contributed by atoms with E-state index in [1.807, 2.05) is 7.05 Å². The molecule has 5 nitrogen and oxygen atoms in total. The zero-order valence-corrected chi connectivity index (χ0v) is 10.2. The van der Waals surface area contributed by atoms with Crippen LogP contribution in [0, 0.1) is 5.41 Å². The van der Waals surface area contributed by atoms with Crippen molar-refractivity contribution in [2.24, 2.45) is 5.41 Å². The van der Waals surface area contributed by atoms with Crippen molar-refractivity contribution in [3.63, 3.8) is 0 Å². The van der Waals surface area contributed by atoms with Crippen molar-refractivity contribution in [1.29, 1.82) is 0 Å². The van der Waals surface area contributed by atoms with Gasteiger partial charge in [0.15, 0.2) is 0 Å². The van der Waals surface area contributed by atoms with Gasteiger partial charge < -0.3 is 15.3 Å². The molecule has 0 aromatic rings. The van der Waals surface area contributed by atoms with Gasteiger partial charge in [-0.05, 0) is 39.3 Å². The number of hydrogen-bond donors (Lipinski definition) is 2. The largest absolute Gasteiger partial charge is 0.480 e. The molecule has 2 rings (SSSR count). The van der Waals surface area contributed by atoms with Crippen LogP contribution in [0.25, 0.3) is 0 Å². The number of hydrogen-bond acceptors (Lipinski definition) is 3. The lowest BCUT2D eigenvalue weighted by Gasteiger charge is -2.36. The summed E-state index contributed by atoms with van der Waals surface area (Å²) in [5, 5.41) is 11.9. The Kier molecular flexibility index (Phi) is 3.38. The second-order valence-electron chi connectivity index (χ2n) is 5.23. The van der Waals surface area contributed by atoms with E-state index in [0.717, 1.165) is 25.8 Å². The molecular weight excluding hydrogens is 220 g/mol. The van der Waals surface area contributed by atoms with Gasteiger partial charge in [-0.2, -0.15) is 0 Å². The maximum absolute atomic E-state index is 11.9. The Balaban J connectivity index is 1.86. The van der Waals surface area contributed by atoms with Crippen molar-refractivity contribution in [3.05, 3.63) is 0 Å². The zero-order chi connectivity index (χ0) is 12.5. The summed E-state index contributed by atoms with van der Waals surface area (Å²) in [6, 6.07) is 0.366. The monoisotopic (exact) mass is 240 g/mol. The Hall–Kier alpha value is -1.10. The minimum absolute atomic E-state index is 0.295. The Labute approximate surface area is 101 Å². The van der Waals surface area contributed by atoms with Crippen LogP contribution in [0.5, 0.6) is 0 Å². The summed E-state index contributed by atoms with van der Waals surface area (Å²) in [5.74, 6) is -1.27. The van der Waals surface area contributed by atoms with Gasteiger partial charge in [0.05, 0.1) is 0 Å². The molecule has 0 radical (unpaired) electrons. The van der Waals surface area contributed by atoms with Gasteiger partial charge in [-0.1, -0.05) is 6.42 Å². The molecule has 2 aliphatic rings. The van der Waals surface area contributed by atoms with E-state index in [2.05, 4.69) is 10.2 Å². The van der Waals surface area contributed by atoms with Crippen LogP contribution in [0.15, 0.2) is 0 Å². The minimum atomic E-state index is -1.13. The van der Waals surface area contributed by atoms with Gasteiger partial charge in [0.25, 0.3) is 0 Å². The smallest absolute Gasteiger partial charge is 0.319 e. The third kappa shape index (κ3) is 2.16. The van der Waals surface area contributed by atoms with E-state index in [0.29, 0.717) is 25.4 Å². The van der Waals surface area contributed by atoms with Crippen molar-refractivity contribution in [2.75, 3.05) is 20.1 Å². The van der Waals surface area contributed by atoms with Crippen LogP contribution in [-0.2, 0) is 9.59 Å². The van der Waals surface area contributed by atoms with Crippen molar-refractivity contribution in [2.45, 2.75) is 38.1 Å². The normalized spacial score (nSPS) is 27.5. The van der Waals surface area contributed by atoms with E-state index < -0.39 is 11.4 Å². The molecule has 2 fully saturated rings. The Morgan fingerprint density at radius 3 is 2.53 bits per heavy atom. The average molecular weight is 240 g/mol. The van der Waals surface area contributed by atoms with Crippen LogP contribution in [0.3, 0.4) is 0 Å². The number of carbonyl (C=O) groups excluding carboxylic acids is 1. The lowest BCUT2D eigenvalue weighted by molar-refractivity contribution is -0.162. The van der Waals surface area contributed by atoms with E-state index in [1.54, 1.807) is 0 Å². The molecule has 0 aromatic carbocycles. The topological polar surface area (TPSA) is 69.6 Å². The third-order valence-electron chi connectivity index (χ3n) is 4.22. The van der Waals surface area contributed by atoms with E-state index in [1.165, 1.54) is 0 Å². The number of rotatable bonds is 4. The number of nitrogens with zero attached hydrogens (tertiary/aromatic N) is 1. The molecule has 1 aliphatic heterocycles. The lowest BCUT2D eigenvalue weighted by atomic mass is 9.68. The fourth-order valence-electron chi connectivity index (χ4n) is 2.69. The van der Waals surface area contributed by atoms with Gasteiger partial charge in [0, 0.05) is 12.6 Å². The van der Waals surface area contributed by atoms with Gasteiger partial charge in [0.2, 0.25) is 5.91 Å². The molecule has 1 amide bonds. The Morgan fingerprint density at radius 2 is 2.12 bits per heavy atom. The first-order chi connectivity index (χ1) is 8.06. The molecule has 0 spiro atoms. The Bertz CT molecular complexity index is 326. The summed E-state index contributed by atoms with van der Waals surface area (Å²) in [7, 11) is 2.04. The van der Waals surface area contributed by atoms with Crippen LogP contribution in [-0.4, -0.2) is 48.1 Å². The summed E-state index contributed by atoms with van der Waals surface area (Å²) >= 11 is 0. The predicted molar refractivity (Wildman–Crippen MR) is 62.6 cm³/mol. The number of carbonyl (C=O) groups is 2. The van der Waals surface area contributed by atoms with Gasteiger partial charge in [0.1, 0.15) is 5.41 Å². The van der Waals surface area contributed by atoms with Crippen LogP contribution in [0.4, 0.5) is 0 Å². The summed E-state index contributed by atoms with van der Waals surface area (Å²) < 4.78 is 0. The lowest BCUT2D eigenvalue weighted by Crippen LogP contribution is -2.53. The number of carboxylic acids is 1. The highest BCUT2D eigenvalue weighted by Gasteiger charge is 2.51. The first-order valence-corrected chi connectivity index (χ1v) is 6.28. The summed E-state index contributed by atoms with van der Waals surface area (Å²) in [6.07, 6.45) is 4.03. The van der Waals surface area contributed by atoms with E-state index >= 15 is 0 Å². The maximum Gasteiger partial charge on any atom is 0.319 e. The number of nitrogens with one attached hydrogen (secondary N) is 1. The van der Waals surface area contributed by atoms with Crippen LogP contribution >= 0.6 is 0 Å². The van der Waals surface area contributed by atoms with Crippen LogP contribution in [0.1, 0.15) is 32.1 Å². The number of likely N-dealkylation sites (N-methyl/N-ethyl adjacent to an activating group) is 1. The molecule has 1 aliphatic carbocycles. The summed E-state index contributed by atoms with van der Waals surface area (Å²) in [4.78, 5) is 25.3. The molecule has 1 unspecified atom stereocenters. The second kappa shape index (κ2) is 4.64. The molecular formula is C12H20N2O3. The number of amides is 1. The molecule has 1 saturated heterocycles. The van der Waals surface area contributed by atoms with E-state index in [9.17, 15) is 9.59 Å². The average Bonchev–Trinajstić information content (AvgIpc) is 2.58. The van der Waals surface area contributed by atoms with E-state index in [4.69, 9.17) is 5.11 Å². The molecule has 1 heterocycles. The number of aliphatic carboxylic acids is 1. The number of carboxylic acid groups (broad SMARTS) is 1. The zero-order valence-electron chi connectivity index (χ0n) is 10.2. The van der Waals surface area contributed by atoms with Gasteiger partial charge >= 0.3 is 5.97 Å². The van der Waals surface area contributed by atoms with Crippen molar-refractivity contribution >= 4 is 11.9 Å². The SMILES string of the molecule is CN1CCCC1CNC(=O)C1(C(=O)O)CCC1. The molecule has 1 saturated carbocycles. The van der Waals surface area contributed by atoms with E-state index in [-0.39, 0.29) is 5.91 Å². The highest BCUT2D eigenvalue weighted by Crippen LogP contribution is 2.41. The molecule has 0 aromatic heterocycles. The fraction of sp³-hybridized carbons (Fsp3) is 0.833. The fourth-order valence-corrected chi connectivity index (χ4v) is 2.69. The first-order valence-electron chi connectivity index (χ1n) is 6.28. The maximum atomic E-state index is 11.9. The molecule has 5 heteroatoms. The molecule has 1 atom stereocenters. The first kappa shape index (κ1) is 12.4. The van der Waals surface area contributed by atoms with Crippen LogP contribution < -0.4 is 5.32 Å². The quantitative estimate of drug-likeness (QED) is 0.700. The molecule has 0 bridgehead atoms.